The first-order valence-corrected chi connectivity index (χ1v) is 10.2. The molecule has 0 bridgehead atoms. The Morgan fingerprint density at radius 2 is 1.91 bits per heavy atom. The van der Waals surface area contributed by atoms with E-state index in [-0.39, 0.29) is 24.5 Å². The van der Waals surface area contributed by atoms with Gasteiger partial charge in [-0.1, -0.05) is 41.6 Å². The second kappa shape index (κ2) is 9.60. The minimum Gasteiger partial charge on any atom is -0.497 e. The van der Waals surface area contributed by atoms with Crippen LogP contribution in [-0.2, 0) is 11.4 Å². The van der Waals surface area contributed by atoms with Crippen molar-refractivity contribution in [1.82, 2.24) is 4.90 Å². The van der Waals surface area contributed by atoms with Crippen LogP contribution in [0.2, 0.25) is 0 Å². The fraction of sp³-hybridized carbons (Fsp3) is 0.200. The van der Waals surface area contributed by atoms with Crippen molar-refractivity contribution in [3.8, 4) is 5.75 Å². The topological polar surface area (TPSA) is 51.1 Å². The van der Waals surface area contributed by atoms with Gasteiger partial charge in [0, 0.05) is 18.5 Å². The summed E-state index contributed by atoms with van der Waals surface area (Å²) < 4.78 is 33.2. The van der Waals surface area contributed by atoms with Crippen molar-refractivity contribution in [3.05, 3.63) is 101 Å². The molecule has 1 aliphatic rings. The predicted molar refractivity (Wildman–Crippen MR) is 117 cm³/mol. The van der Waals surface area contributed by atoms with Gasteiger partial charge in [-0.3, -0.25) is 4.79 Å². The largest absolute Gasteiger partial charge is 0.497 e. The van der Waals surface area contributed by atoms with E-state index >= 15 is 0 Å². The number of hydrogen-bond donors (Lipinski definition) is 0. The monoisotopic (exact) mass is 436 g/mol. The predicted octanol–water partition coefficient (Wildman–Crippen LogP) is 4.81. The summed E-state index contributed by atoms with van der Waals surface area (Å²) in [7, 11) is 1.57. The first-order valence-electron chi connectivity index (χ1n) is 10.2. The molecule has 164 valence electrons. The molecule has 0 aromatic heterocycles. The molecule has 1 amide bonds. The molecule has 3 aromatic rings. The molecule has 0 N–H and O–H groups in total. The van der Waals surface area contributed by atoms with Gasteiger partial charge in [-0.15, -0.1) is 0 Å². The molecule has 0 spiro atoms. The molecule has 7 heteroatoms. The Morgan fingerprint density at radius 1 is 1.09 bits per heavy atom. The highest BCUT2D eigenvalue weighted by molar-refractivity contribution is 6.01. The van der Waals surface area contributed by atoms with Crippen LogP contribution in [0.25, 0.3) is 0 Å². The average molecular weight is 436 g/mol. The lowest BCUT2D eigenvalue weighted by atomic mass is 10.0. The fourth-order valence-electron chi connectivity index (χ4n) is 3.63. The van der Waals surface area contributed by atoms with Gasteiger partial charge in [0.2, 0.25) is 0 Å². The normalized spacial score (nSPS) is 15.1. The number of ether oxygens (including phenoxy) is 1. The van der Waals surface area contributed by atoms with Crippen molar-refractivity contribution >= 4 is 11.6 Å². The Balaban J connectivity index is 1.54. The van der Waals surface area contributed by atoms with Gasteiger partial charge in [0.05, 0.1) is 24.9 Å². The Morgan fingerprint density at radius 3 is 2.69 bits per heavy atom. The van der Waals surface area contributed by atoms with Gasteiger partial charge >= 0.3 is 0 Å². The van der Waals surface area contributed by atoms with E-state index in [9.17, 15) is 13.6 Å². The number of rotatable bonds is 7. The number of carbonyl (C=O) groups excluding carboxylic acids is 1. The molecule has 5 nitrogen and oxygen atoms in total. The van der Waals surface area contributed by atoms with Crippen LogP contribution in [-0.4, -0.2) is 36.3 Å². The summed E-state index contributed by atoms with van der Waals surface area (Å²) in [6.07, 6.45) is -0.0302. The number of halogens is 2. The third kappa shape index (κ3) is 4.94. The van der Waals surface area contributed by atoms with Crippen LogP contribution >= 0.6 is 0 Å². The van der Waals surface area contributed by atoms with E-state index < -0.39 is 17.8 Å². The van der Waals surface area contributed by atoms with Crippen molar-refractivity contribution < 1.29 is 23.1 Å². The zero-order chi connectivity index (χ0) is 22.5. The minimum absolute atomic E-state index is 0.0142. The van der Waals surface area contributed by atoms with E-state index in [2.05, 4.69) is 5.16 Å². The zero-order valence-electron chi connectivity index (χ0n) is 17.5. The second-order valence-corrected chi connectivity index (χ2v) is 7.50. The molecule has 1 atom stereocenters. The number of amides is 1. The molecule has 4 rings (SSSR count). The number of oxime groups is 1. The first kappa shape index (κ1) is 21.5. The van der Waals surface area contributed by atoms with Gasteiger partial charge < -0.3 is 14.5 Å². The van der Waals surface area contributed by atoms with Crippen molar-refractivity contribution in [3.63, 3.8) is 0 Å². The molecule has 1 unspecified atom stereocenters. The van der Waals surface area contributed by atoms with E-state index in [1.807, 2.05) is 24.3 Å². The van der Waals surface area contributed by atoms with Crippen LogP contribution in [0, 0.1) is 11.6 Å². The van der Waals surface area contributed by atoms with Crippen LogP contribution in [0.15, 0.2) is 78.0 Å². The summed E-state index contributed by atoms with van der Waals surface area (Å²) in [6, 6.07) is 19.3. The molecule has 3 aromatic carbocycles. The lowest BCUT2D eigenvalue weighted by Crippen LogP contribution is -2.37. The van der Waals surface area contributed by atoms with E-state index in [0.717, 1.165) is 5.56 Å². The number of benzene rings is 3. The summed E-state index contributed by atoms with van der Waals surface area (Å²) >= 11 is 0. The van der Waals surface area contributed by atoms with Gasteiger partial charge in [0.25, 0.3) is 5.91 Å². The molecule has 0 aliphatic carbocycles. The Labute approximate surface area is 184 Å². The lowest BCUT2D eigenvalue weighted by molar-refractivity contribution is 0.0402. The van der Waals surface area contributed by atoms with E-state index in [1.165, 1.54) is 35.2 Å². The summed E-state index contributed by atoms with van der Waals surface area (Å²) in [5.41, 5.74) is 2.06. The van der Waals surface area contributed by atoms with Crippen molar-refractivity contribution in [2.75, 3.05) is 13.7 Å². The maximum Gasteiger partial charge on any atom is 0.257 e. The standard InChI is InChI=1S/C25H22F2N2O3/c1-31-20-9-4-6-17(12-20)15-29(25(30)22-10-2-3-11-23(22)27)16-21-14-24(28-32-21)18-7-5-8-19(26)13-18/h2-13,21H,14-16H2,1H3. The third-order valence-electron chi connectivity index (χ3n) is 5.21. The van der Waals surface area contributed by atoms with E-state index in [4.69, 9.17) is 9.57 Å². The van der Waals surface area contributed by atoms with Gasteiger partial charge in [-0.2, -0.15) is 0 Å². The second-order valence-electron chi connectivity index (χ2n) is 7.50. The summed E-state index contributed by atoms with van der Waals surface area (Å²) in [4.78, 5) is 20.3. The smallest absolute Gasteiger partial charge is 0.257 e. The number of methoxy groups -OCH3 is 1. The molecular formula is C25H22F2N2O3. The first-order chi connectivity index (χ1) is 15.5. The molecule has 0 fully saturated rings. The highest BCUT2D eigenvalue weighted by Gasteiger charge is 2.28. The summed E-state index contributed by atoms with van der Waals surface area (Å²) in [6.45, 7) is 0.423. The summed E-state index contributed by atoms with van der Waals surface area (Å²) in [5, 5.41) is 4.08. The van der Waals surface area contributed by atoms with Gasteiger partial charge in [0.1, 0.15) is 17.4 Å². The Kier molecular flexibility index (Phi) is 6.44. The lowest BCUT2D eigenvalue weighted by Gasteiger charge is -2.25. The van der Waals surface area contributed by atoms with Crippen molar-refractivity contribution in [2.24, 2.45) is 5.16 Å². The summed E-state index contributed by atoms with van der Waals surface area (Å²) in [5.74, 6) is -0.733. The number of hydrogen-bond acceptors (Lipinski definition) is 4. The zero-order valence-corrected chi connectivity index (χ0v) is 17.5. The van der Waals surface area contributed by atoms with Gasteiger partial charge in [-0.05, 0) is 42.0 Å². The minimum atomic E-state index is -0.586. The van der Waals surface area contributed by atoms with Gasteiger partial charge in [-0.25, -0.2) is 8.78 Å². The van der Waals surface area contributed by atoms with Crippen LogP contribution in [0.5, 0.6) is 5.75 Å². The quantitative estimate of drug-likeness (QED) is 0.534. The van der Waals surface area contributed by atoms with Crippen LogP contribution in [0.3, 0.4) is 0 Å². The molecule has 1 heterocycles. The molecule has 0 saturated carbocycles. The SMILES string of the molecule is COc1cccc(CN(CC2CC(c3cccc(F)c3)=NO2)C(=O)c2ccccc2F)c1. The molecule has 0 saturated heterocycles. The van der Waals surface area contributed by atoms with Crippen LogP contribution in [0.4, 0.5) is 8.78 Å². The molecule has 32 heavy (non-hydrogen) atoms. The fourth-order valence-corrected chi connectivity index (χ4v) is 3.63. The van der Waals surface area contributed by atoms with Gasteiger partial charge in [0.15, 0.2) is 6.10 Å². The molecule has 0 radical (unpaired) electrons. The van der Waals surface area contributed by atoms with Crippen LogP contribution < -0.4 is 4.74 Å². The third-order valence-corrected chi connectivity index (χ3v) is 5.21. The maximum absolute atomic E-state index is 14.3. The van der Waals surface area contributed by atoms with Crippen LogP contribution in [0.1, 0.15) is 27.9 Å². The average Bonchev–Trinajstić information content (AvgIpc) is 3.27. The van der Waals surface area contributed by atoms with E-state index in [1.54, 1.807) is 25.3 Å². The highest BCUT2D eigenvalue weighted by atomic mass is 19.1. The molecular weight excluding hydrogens is 414 g/mol. The molecule has 1 aliphatic heterocycles. The highest BCUT2D eigenvalue weighted by Crippen LogP contribution is 2.22. The van der Waals surface area contributed by atoms with E-state index in [0.29, 0.717) is 23.4 Å². The number of carbonyl (C=O) groups is 1. The Hall–Kier alpha value is -3.74. The van der Waals surface area contributed by atoms with Crippen molar-refractivity contribution in [1.29, 1.82) is 0 Å². The van der Waals surface area contributed by atoms with Crippen molar-refractivity contribution in [2.45, 2.75) is 19.1 Å². The Bertz CT molecular complexity index is 1150. The maximum atomic E-state index is 14.3. The number of nitrogens with zero attached hydrogens (tertiary/aromatic N) is 2.